The van der Waals surface area contributed by atoms with Crippen LogP contribution in [0.1, 0.15) is 25.3 Å². The third kappa shape index (κ3) is 2.22. The minimum absolute atomic E-state index is 0.00514. The van der Waals surface area contributed by atoms with Crippen molar-refractivity contribution in [2.24, 2.45) is 0 Å². The highest BCUT2D eigenvalue weighted by Crippen LogP contribution is 2.12. The summed E-state index contributed by atoms with van der Waals surface area (Å²) in [5, 5.41) is 8.90. The highest BCUT2D eigenvalue weighted by molar-refractivity contribution is 5.22. The van der Waals surface area contributed by atoms with Gasteiger partial charge in [-0.05, 0) is 19.8 Å². The fourth-order valence-corrected chi connectivity index (χ4v) is 2.11. The van der Waals surface area contributed by atoms with Crippen molar-refractivity contribution >= 4 is 0 Å². The SMILES string of the molecule is CCn1cc(C#N)c(=O)n(C[C@H]2CCCO2)c1=O. The van der Waals surface area contributed by atoms with Crippen molar-refractivity contribution < 1.29 is 4.74 Å². The summed E-state index contributed by atoms with van der Waals surface area (Å²) < 4.78 is 7.90. The first kappa shape index (κ1) is 12.6. The molecule has 0 spiro atoms. The number of nitrogens with zero attached hydrogens (tertiary/aromatic N) is 3. The molecule has 0 radical (unpaired) electrons. The fraction of sp³-hybridized carbons (Fsp3) is 0.583. The molecule has 1 saturated heterocycles. The largest absolute Gasteiger partial charge is 0.376 e. The Morgan fingerprint density at radius 3 is 2.89 bits per heavy atom. The first-order valence-electron chi connectivity index (χ1n) is 6.03. The summed E-state index contributed by atoms with van der Waals surface area (Å²) >= 11 is 0. The van der Waals surface area contributed by atoms with Crippen molar-refractivity contribution in [3.8, 4) is 6.07 Å². The van der Waals surface area contributed by atoms with E-state index in [0.717, 1.165) is 17.4 Å². The Morgan fingerprint density at radius 1 is 1.56 bits per heavy atom. The first-order chi connectivity index (χ1) is 8.67. The van der Waals surface area contributed by atoms with Crippen LogP contribution in [-0.2, 0) is 17.8 Å². The highest BCUT2D eigenvalue weighted by Gasteiger charge is 2.19. The molecule has 6 heteroatoms. The molecule has 0 amide bonds. The number of hydrogen-bond acceptors (Lipinski definition) is 4. The molecule has 6 nitrogen and oxygen atoms in total. The number of nitriles is 1. The Balaban J connectivity index is 2.47. The summed E-state index contributed by atoms with van der Waals surface area (Å²) in [5.74, 6) is 0. The maximum atomic E-state index is 12.0. The second-order valence-electron chi connectivity index (χ2n) is 4.27. The summed E-state index contributed by atoms with van der Waals surface area (Å²) in [6, 6.07) is 1.83. The number of ether oxygens (including phenoxy) is 1. The topological polar surface area (TPSA) is 77.0 Å². The van der Waals surface area contributed by atoms with Crippen molar-refractivity contribution in [3.63, 3.8) is 0 Å². The summed E-state index contributed by atoms with van der Waals surface area (Å²) in [6.45, 7) is 3.12. The average Bonchev–Trinajstić information content (AvgIpc) is 2.88. The van der Waals surface area contributed by atoms with Crippen molar-refractivity contribution in [2.45, 2.75) is 39.0 Å². The van der Waals surface area contributed by atoms with Gasteiger partial charge in [0, 0.05) is 19.3 Å². The van der Waals surface area contributed by atoms with E-state index in [1.54, 1.807) is 6.92 Å². The zero-order chi connectivity index (χ0) is 13.1. The normalized spacial score (nSPS) is 18.8. The van der Waals surface area contributed by atoms with Gasteiger partial charge in [0.05, 0.1) is 12.6 Å². The van der Waals surface area contributed by atoms with Gasteiger partial charge in [0.2, 0.25) is 0 Å². The molecule has 0 bridgehead atoms. The predicted molar refractivity (Wildman–Crippen MR) is 64.3 cm³/mol. The van der Waals surface area contributed by atoms with E-state index in [9.17, 15) is 9.59 Å². The van der Waals surface area contributed by atoms with Crippen LogP contribution in [0.4, 0.5) is 0 Å². The van der Waals surface area contributed by atoms with Crippen LogP contribution in [0.25, 0.3) is 0 Å². The van der Waals surface area contributed by atoms with Crippen molar-refractivity contribution in [1.82, 2.24) is 9.13 Å². The van der Waals surface area contributed by atoms with Crippen LogP contribution in [-0.4, -0.2) is 21.8 Å². The minimum atomic E-state index is -0.525. The van der Waals surface area contributed by atoms with Gasteiger partial charge >= 0.3 is 5.69 Å². The van der Waals surface area contributed by atoms with Gasteiger partial charge in [-0.3, -0.25) is 13.9 Å². The van der Waals surface area contributed by atoms with E-state index in [0.29, 0.717) is 13.2 Å². The summed E-state index contributed by atoms with van der Waals surface area (Å²) in [6.07, 6.45) is 3.00. The maximum Gasteiger partial charge on any atom is 0.331 e. The van der Waals surface area contributed by atoms with Gasteiger partial charge in [-0.1, -0.05) is 0 Å². The summed E-state index contributed by atoms with van der Waals surface area (Å²) in [4.78, 5) is 24.0. The summed E-state index contributed by atoms with van der Waals surface area (Å²) in [7, 11) is 0. The first-order valence-corrected chi connectivity index (χ1v) is 6.03. The lowest BCUT2D eigenvalue weighted by Gasteiger charge is -2.13. The molecule has 2 heterocycles. The second kappa shape index (κ2) is 5.19. The Bertz CT molecular complexity index is 588. The number of rotatable bonds is 3. The number of aryl methyl sites for hydroxylation is 1. The lowest BCUT2D eigenvalue weighted by atomic mass is 10.2. The molecule has 1 aromatic heterocycles. The molecule has 1 aliphatic heterocycles. The van der Waals surface area contributed by atoms with Crippen LogP contribution in [0.15, 0.2) is 15.8 Å². The Kier molecular flexibility index (Phi) is 3.63. The van der Waals surface area contributed by atoms with Crippen LogP contribution in [0, 0.1) is 11.3 Å². The predicted octanol–water partition coefficient (Wildman–Crippen LogP) is 0.0806. The number of aromatic nitrogens is 2. The Morgan fingerprint density at radius 2 is 2.33 bits per heavy atom. The van der Waals surface area contributed by atoms with E-state index < -0.39 is 5.56 Å². The molecule has 0 N–H and O–H groups in total. The molecule has 1 atom stereocenters. The number of hydrogen-bond donors (Lipinski definition) is 0. The van der Waals surface area contributed by atoms with Crippen LogP contribution in [0.3, 0.4) is 0 Å². The molecule has 0 unspecified atom stereocenters. The van der Waals surface area contributed by atoms with E-state index in [-0.39, 0.29) is 23.9 Å². The van der Waals surface area contributed by atoms with Crippen LogP contribution < -0.4 is 11.2 Å². The summed E-state index contributed by atoms with van der Waals surface area (Å²) in [5.41, 5.74) is -0.908. The average molecular weight is 249 g/mol. The molecule has 1 fully saturated rings. The van der Waals surface area contributed by atoms with Crippen LogP contribution in [0.5, 0.6) is 0 Å². The molecular weight excluding hydrogens is 234 g/mol. The van der Waals surface area contributed by atoms with E-state index >= 15 is 0 Å². The molecule has 1 aromatic rings. The van der Waals surface area contributed by atoms with Gasteiger partial charge in [-0.2, -0.15) is 5.26 Å². The lowest BCUT2D eigenvalue weighted by molar-refractivity contribution is 0.0946. The zero-order valence-electron chi connectivity index (χ0n) is 10.3. The monoisotopic (exact) mass is 249 g/mol. The Labute approximate surface area is 104 Å². The second-order valence-corrected chi connectivity index (χ2v) is 4.27. The third-order valence-electron chi connectivity index (χ3n) is 3.11. The lowest BCUT2D eigenvalue weighted by Crippen LogP contribution is -2.43. The standard InChI is InChI=1S/C12H15N3O3/c1-2-14-7-9(6-13)11(16)15(12(14)17)8-10-4-3-5-18-10/h7,10H,2-5,8H2,1H3/t10-/m1/s1. The molecule has 2 rings (SSSR count). The third-order valence-corrected chi connectivity index (χ3v) is 3.11. The molecule has 0 saturated carbocycles. The fourth-order valence-electron chi connectivity index (χ4n) is 2.11. The van der Waals surface area contributed by atoms with E-state index in [1.165, 1.54) is 10.8 Å². The van der Waals surface area contributed by atoms with Gasteiger partial charge in [0.25, 0.3) is 5.56 Å². The van der Waals surface area contributed by atoms with Gasteiger partial charge in [-0.25, -0.2) is 4.79 Å². The molecule has 0 aliphatic carbocycles. The van der Waals surface area contributed by atoms with Crippen LogP contribution >= 0.6 is 0 Å². The highest BCUT2D eigenvalue weighted by atomic mass is 16.5. The van der Waals surface area contributed by atoms with Crippen molar-refractivity contribution in [3.05, 3.63) is 32.6 Å². The smallest absolute Gasteiger partial charge is 0.331 e. The van der Waals surface area contributed by atoms with Gasteiger partial charge in [-0.15, -0.1) is 0 Å². The van der Waals surface area contributed by atoms with Gasteiger partial charge in [0.15, 0.2) is 0 Å². The van der Waals surface area contributed by atoms with Crippen molar-refractivity contribution in [1.29, 1.82) is 5.26 Å². The maximum absolute atomic E-state index is 12.0. The van der Waals surface area contributed by atoms with Gasteiger partial charge in [0.1, 0.15) is 11.6 Å². The Hall–Kier alpha value is -1.87. The molecular formula is C12H15N3O3. The molecule has 1 aliphatic rings. The van der Waals surface area contributed by atoms with Crippen molar-refractivity contribution in [2.75, 3.05) is 6.61 Å². The van der Waals surface area contributed by atoms with E-state index in [1.807, 2.05) is 6.07 Å². The van der Waals surface area contributed by atoms with Crippen LogP contribution in [0.2, 0.25) is 0 Å². The van der Waals surface area contributed by atoms with E-state index in [4.69, 9.17) is 10.00 Å². The zero-order valence-corrected chi connectivity index (χ0v) is 10.3. The molecule has 0 aromatic carbocycles. The van der Waals surface area contributed by atoms with E-state index in [2.05, 4.69) is 0 Å². The quantitative estimate of drug-likeness (QED) is 0.760. The molecule has 18 heavy (non-hydrogen) atoms. The molecule has 96 valence electrons. The van der Waals surface area contributed by atoms with Gasteiger partial charge < -0.3 is 4.74 Å². The minimum Gasteiger partial charge on any atom is -0.376 e.